The molecule has 0 unspecified atom stereocenters. The van der Waals surface area contributed by atoms with Gasteiger partial charge in [-0.15, -0.1) is 6.58 Å². The van der Waals surface area contributed by atoms with Crippen LogP contribution < -0.4 is 5.32 Å². The van der Waals surface area contributed by atoms with Crippen LogP contribution in [0.15, 0.2) is 12.7 Å². The molecule has 0 fully saturated rings. The summed E-state index contributed by atoms with van der Waals surface area (Å²) >= 11 is 0. The number of amides is 1. The molecule has 0 heterocycles. The van der Waals surface area contributed by atoms with Crippen molar-refractivity contribution in [2.75, 3.05) is 6.54 Å². The zero-order chi connectivity index (χ0) is 11.2. The molecule has 82 valence electrons. The minimum absolute atomic E-state index is 0.181. The van der Waals surface area contributed by atoms with Gasteiger partial charge in [0.05, 0.1) is 6.10 Å². The van der Waals surface area contributed by atoms with Gasteiger partial charge in [-0.1, -0.05) is 6.08 Å². The minimum atomic E-state index is -0.597. The van der Waals surface area contributed by atoms with Crippen LogP contribution in [0.4, 0.5) is 4.79 Å². The van der Waals surface area contributed by atoms with Gasteiger partial charge in [0.2, 0.25) is 0 Å². The number of aliphatic hydroxyl groups excluding tert-OH is 1. The molecule has 0 aliphatic carbocycles. The molecule has 0 aliphatic heterocycles. The van der Waals surface area contributed by atoms with Crippen molar-refractivity contribution in [3.8, 4) is 0 Å². The first-order valence-corrected chi connectivity index (χ1v) is 4.61. The zero-order valence-electron chi connectivity index (χ0n) is 9.04. The van der Waals surface area contributed by atoms with Crippen LogP contribution in [0.3, 0.4) is 0 Å². The quantitative estimate of drug-likeness (QED) is 0.677. The Balaban J connectivity index is 3.69. The van der Waals surface area contributed by atoms with Crippen molar-refractivity contribution in [1.29, 1.82) is 0 Å². The topological polar surface area (TPSA) is 58.6 Å². The molecule has 0 aromatic carbocycles. The molecule has 0 spiro atoms. The highest BCUT2D eigenvalue weighted by Crippen LogP contribution is 2.06. The standard InChI is InChI=1S/C10H19NO3/c1-5-6-8(12)7-11-9(13)14-10(2,3)4/h5,8,12H,1,6-7H2,2-4H3,(H,11,13)/t8-/m1/s1. The van der Waals surface area contributed by atoms with Gasteiger partial charge in [0.15, 0.2) is 0 Å². The smallest absolute Gasteiger partial charge is 0.407 e. The van der Waals surface area contributed by atoms with Gasteiger partial charge in [-0.2, -0.15) is 0 Å². The van der Waals surface area contributed by atoms with Crippen molar-refractivity contribution in [1.82, 2.24) is 5.32 Å². The molecule has 0 radical (unpaired) electrons. The van der Waals surface area contributed by atoms with Crippen molar-refractivity contribution in [3.05, 3.63) is 12.7 Å². The fourth-order valence-corrected chi connectivity index (χ4v) is 0.791. The van der Waals surface area contributed by atoms with Crippen LogP contribution in [-0.2, 0) is 4.74 Å². The van der Waals surface area contributed by atoms with Crippen molar-refractivity contribution < 1.29 is 14.6 Å². The second-order valence-corrected chi connectivity index (χ2v) is 4.06. The maximum Gasteiger partial charge on any atom is 0.407 e. The van der Waals surface area contributed by atoms with Crippen LogP contribution in [0.2, 0.25) is 0 Å². The van der Waals surface area contributed by atoms with Crippen LogP contribution in [0.1, 0.15) is 27.2 Å². The molecule has 4 nitrogen and oxygen atoms in total. The van der Waals surface area contributed by atoms with Crippen LogP contribution in [-0.4, -0.2) is 29.4 Å². The lowest BCUT2D eigenvalue weighted by Crippen LogP contribution is -2.36. The van der Waals surface area contributed by atoms with Gasteiger partial charge >= 0.3 is 6.09 Å². The first kappa shape index (κ1) is 13.0. The van der Waals surface area contributed by atoms with Gasteiger partial charge in [0.1, 0.15) is 5.60 Å². The second-order valence-electron chi connectivity index (χ2n) is 4.06. The second kappa shape index (κ2) is 5.65. The third-order valence-corrected chi connectivity index (χ3v) is 1.32. The summed E-state index contributed by atoms with van der Waals surface area (Å²) in [7, 11) is 0. The number of alkyl carbamates (subject to hydrolysis) is 1. The predicted molar refractivity (Wildman–Crippen MR) is 55.1 cm³/mol. The van der Waals surface area contributed by atoms with Gasteiger partial charge in [-0.25, -0.2) is 4.79 Å². The van der Waals surface area contributed by atoms with Crippen molar-refractivity contribution in [2.45, 2.75) is 38.9 Å². The highest BCUT2D eigenvalue weighted by Gasteiger charge is 2.16. The predicted octanol–water partition coefficient (Wildman–Crippen LogP) is 1.45. The van der Waals surface area contributed by atoms with E-state index in [9.17, 15) is 9.90 Å². The lowest BCUT2D eigenvalue weighted by atomic mass is 10.2. The average Bonchev–Trinajstić information content (AvgIpc) is 1.98. The maximum atomic E-state index is 11.1. The maximum absolute atomic E-state index is 11.1. The number of hydrogen-bond acceptors (Lipinski definition) is 3. The number of rotatable bonds is 4. The molecule has 1 amide bonds. The van der Waals surface area contributed by atoms with Gasteiger partial charge < -0.3 is 15.2 Å². The van der Waals surface area contributed by atoms with E-state index in [1.165, 1.54) is 0 Å². The molecule has 0 rings (SSSR count). The lowest BCUT2D eigenvalue weighted by molar-refractivity contribution is 0.0493. The summed E-state index contributed by atoms with van der Waals surface area (Å²) in [5, 5.41) is 11.7. The van der Waals surface area contributed by atoms with E-state index in [-0.39, 0.29) is 6.54 Å². The van der Waals surface area contributed by atoms with E-state index in [0.717, 1.165) is 0 Å². The Kier molecular flexibility index (Phi) is 5.23. The number of carbonyl (C=O) groups is 1. The molecular formula is C10H19NO3. The van der Waals surface area contributed by atoms with E-state index in [2.05, 4.69) is 11.9 Å². The number of ether oxygens (including phenoxy) is 1. The number of hydrogen-bond donors (Lipinski definition) is 2. The third-order valence-electron chi connectivity index (χ3n) is 1.32. The molecule has 0 aromatic heterocycles. The Morgan fingerprint density at radius 2 is 2.21 bits per heavy atom. The third kappa shape index (κ3) is 7.61. The van der Waals surface area contributed by atoms with Crippen molar-refractivity contribution in [2.24, 2.45) is 0 Å². The molecule has 0 aromatic rings. The van der Waals surface area contributed by atoms with Crippen LogP contribution in [0.25, 0.3) is 0 Å². The molecule has 4 heteroatoms. The monoisotopic (exact) mass is 201 g/mol. The fraction of sp³-hybridized carbons (Fsp3) is 0.700. The molecule has 2 N–H and O–H groups in total. The number of nitrogens with one attached hydrogen (secondary N) is 1. The van der Waals surface area contributed by atoms with E-state index < -0.39 is 17.8 Å². The largest absolute Gasteiger partial charge is 0.444 e. The normalized spacial score (nSPS) is 13.1. The molecular weight excluding hydrogens is 182 g/mol. The Bertz CT molecular complexity index is 196. The Labute approximate surface area is 85.0 Å². The summed E-state index contributed by atoms with van der Waals surface area (Å²) in [6.07, 6.45) is 0.942. The summed E-state index contributed by atoms with van der Waals surface area (Å²) in [5.41, 5.74) is -0.506. The van der Waals surface area contributed by atoms with Crippen LogP contribution in [0.5, 0.6) is 0 Å². The van der Waals surface area contributed by atoms with Crippen LogP contribution in [0, 0.1) is 0 Å². The Morgan fingerprint density at radius 3 is 2.64 bits per heavy atom. The number of aliphatic hydroxyl groups is 1. The molecule has 0 saturated heterocycles. The van der Waals surface area contributed by atoms with E-state index in [0.29, 0.717) is 6.42 Å². The highest BCUT2D eigenvalue weighted by molar-refractivity contribution is 5.67. The van der Waals surface area contributed by atoms with Gasteiger partial charge in [0.25, 0.3) is 0 Å². The summed E-state index contributed by atoms with van der Waals surface area (Å²) in [6, 6.07) is 0. The summed E-state index contributed by atoms with van der Waals surface area (Å²) < 4.78 is 4.98. The Morgan fingerprint density at radius 1 is 1.64 bits per heavy atom. The molecule has 1 atom stereocenters. The molecule has 0 aliphatic rings. The first-order valence-electron chi connectivity index (χ1n) is 4.61. The molecule has 0 saturated carbocycles. The van der Waals surface area contributed by atoms with Crippen LogP contribution >= 0.6 is 0 Å². The highest BCUT2D eigenvalue weighted by atomic mass is 16.6. The average molecular weight is 201 g/mol. The zero-order valence-corrected chi connectivity index (χ0v) is 9.04. The summed E-state index contributed by atoms with van der Waals surface area (Å²) in [4.78, 5) is 11.1. The molecule has 14 heavy (non-hydrogen) atoms. The van der Waals surface area contributed by atoms with Gasteiger partial charge in [0, 0.05) is 6.54 Å². The lowest BCUT2D eigenvalue weighted by Gasteiger charge is -2.20. The first-order chi connectivity index (χ1) is 6.35. The van der Waals surface area contributed by atoms with Gasteiger partial charge in [-0.05, 0) is 27.2 Å². The Hall–Kier alpha value is -1.03. The van der Waals surface area contributed by atoms with Gasteiger partial charge in [-0.3, -0.25) is 0 Å². The van der Waals surface area contributed by atoms with E-state index in [4.69, 9.17) is 4.74 Å². The summed E-state index contributed by atoms with van der Waals surface area (Å²) in [6.45, 7) is 9.02. The van der Waals surface area contributed by atoms with Crippen molar-refractivity contribution in [3.63, 3.8) is 0 Å². The summed E-state index contributed by atoms with van der Waals surface area (Å²) in [5.74, 6) is 0. The van der Waals surface area contributed by atoms with Crippen molar-refractivity contribution >= 4 is 6.09 Å². The van der Waals surface area contributed by atoms with E-state index in [1.54, 1.807) is 26.8 Å². The number of carbonyl (C=O) groups excluding carboxylic acids is 1. The fourth-order valence-electron chi connectivity index (χ4n) is 0.791. The van der Waals surface area contributed by atoms with E-state index in [1.807, 2.05) is 0 Å². The SMILES string of the molecule is C=CC[C@@H](O)CNC(=O)OC(C)(C)C. The molecule has 0 bridgehead atoms. The van der Waals surface area contributed by atoms with E-state index >= 15 is 0 Å². The minimum Gasteiger partial charge on any atom is -0.444 e.